The highest BCUT2D eigenvalue weighted by molar-refractivity contribution is 5.24. The van der Waals surface area contributed by atoms with Crippen molar-refractivity contribution in [3.05, 3.63) is 35.4 Å². The van der Waals surface area contributed by atoms with E-state index in [1.165, 1.54) is 24.0 Å². The molecule has 0 aliphatic carbocycles. The molecule has 2 N–H and O–H groups in total. The zero-order valence-electron chi connectivity index (χ0n) is 10.9. The summed E-state index contributed by atoms with van der Waals surface area (Å²) >= 11 is 0. The molecule has 1 nitrogen and oxygen atoms in total. The summed E-state index contributed by atoms with van der Waals surface area (Å²) in [6.45, 7) is 6.71. The Morgan fingerprint density at radius 2 is 1.69 bits per heavy atom. The van der Waals surface area contributed by atoms with Gasteiger partial charge in [0.25, 0.3) is 0 Å². The summed E-state index contributed by atoms with van der Waals surface area (Å²) < 4.78 is 0. The Morgan fingerprint density at radius 3 is 2.19 bits per heavy atom. The third kappa shape index (κ3) is 4.36. The fourth-order valence-corrected chi connectivity index (χ4v) is 1.91. The molecule has 1 unspecified atom stereocenters. The topological polar surface area (TPSA) is 26.0 Å². The molecule has 0 radical (unpaired) electrons. The normalized spacial score (nSPS) is 13.1. The van der Waals surface area contributed by atoms with Gasteiger partial charge in [0.2, 0.25) is 0 Å². The van der Waals surface area contributed by atoms with E-state index in [-0.39, 0.29) is 6.04 Å². The van der Waals surface area contributed by atoms with Crippen molar-refractivity contribution >= 4 is 0 Å². The van der Waals surface area contributed by atoms with Crippen molar-refractivity contribution in [3.63, 3.8) is 0 Å². The minimum absolute atomic E-state index is 0.213. The molecule has 1 rings (SSSR count). The van der Waals surface area contributed by atoms with Crippen molar-refractivity contribution in [2.75, 3.05) is 0 Å². The van der Waals surface area contributed by atoms with Gasteiger partial charge in [-0.05, 0) is 29.9 Å². The minimum atomic E-state index is 0.213. The SMILES string of the molecule is CCc1ccc(C(N)CCCC(C)C)cc1. The Labute approximate surface area is 100 Å². The van der Waals surface area contributed by atoms with Crippen molar-refractivity contribution in [2.45, 2.75) is 52.5 Å². The molecule has 0 aromatic heterocycles. The van der Waals surface area contributed by atoms with E-state index in [0.29, 0.717) is 0 Å². The number of rotatable bonds is 6. The van der Waals surface area contributed by atoms with E-state index in [0.717, 1.165) is 18.8 Å². The third-order valence-electron chi connectivity index (χ3n) is 3.11. The molecule has 1 aromatic carbocycles. The van der Waals surface area contributed by atoms with Crippen LogP contribution < -0.4 is 5.73 Å². The van der Waals surface area contributed by atoms with Gasteiger partial charge in [0.05, 0.1) is 0 Å². The lowest BCUT2D eigenvalue weighted by Gasteiger charge is -2.13. The van der Waals surface area contributed by atoms with Gasteiger partial charge in [0, 0.05) is 6.04 Å². The van der Waals surface area contributed by atoms with E-state index >= 15 is 0 Å². The highest BCUT2D eigenvalue weighted by Gasteiger charge is 2.05. The molecule has 0 saturated carbocycles. The second kappa shape index (κ2) is 6.70. The predicted octanol–water partition coefficient (Wildman–Crippen LogP) is 4.08. The van der Waals surface area contributed by atoms with Crippen LogP contribution in [0.4, 0.5) is 0 Å². The van der Waals surface area contributed by atoms with Crippen LogP contribution in [0.25, 0.3) is 0 Å². The summed E-state index contributed by atoms with van der Waals surface area (Å²) in [6, 6.07) is 8.96. The lowest BCUT2D eigenvalue weighted by Crippen LogP contribution is -2.10. The van der Waals surface area contributed by atoms with Crippen LogP contribution in [-0.2, 0) is 6.42 Å². The molecule has 0 aliphatic heterocycles. The van der Waals surface area contributed by atoms with Crippen LogP contribution in [0.15, 0.2) is 24.3 Å². The first-order valence-corrected chi connectivity index (χ1v) is 6.48. The average molecular weight is 219 g/mol. The lowest BCUT2D eigenvalue weighted by molar-refractivity contribution is 0.505. The Kier molecular flexibility index (Phi) is 5.54. The lowest BCUT2D eigenvalue weighted by atomic mass is 9.98. The van der Waals surface area contributed by atoms with E-state index in [2.05, 4.69) is 45.0 Å². The smallest absolute Gasteiger partial charge is 0.0294 e. The average Bonchev–Trinajstić information content (AvgIpc) is 2.28. The summed E-state index contributed by atoms with van der Waals surface area (Å²) in [5, 5.41) is 0. The van der Waals surface area contributed by atoms with Gasteiger partial charge < -0.3 is 5.73 Å². The summed E-state index contributed by atoms with van der Waals surface area (Å²) in [7, 11) is 0. The van der Waals surface area contributed by atoms with E-state index in [1.807, 2.05) is 0 Å². The van der Waals surface area contributed by atoms with Crippen LogP contribution >= 0.6 is 0 Å². The highest BCUT2D eigenvalue weighted by atomic mass is 14.6. The van der Waals surface area contributed by atoms with Gasteiger partial charge in [-0.15, -0.1) is 0 Å². The molecule has 16 heavy (non-hydrogen) atoms. The van der Waals surface area contributed by atoms with Gasteiger partial charge in [-0.25, -0.2) is 0 Å². The van der Waals surface area contributed by atoms with Gasteiger partial charge in [-0.3, -0.25) is 0 Å². The first-order valence-electron chi connectivity index (χ1n) is 6.48. The zero-order valence-corrected chi connectivity index (χ0v) is 10.9. The second-order valence-electron chi connectivity index (χ2n) is 5.03. The van der Waals surface area contributed by atoms with Gasteiger partial charge in [0.1, 0.15) is 0 Å². The molecule has 0 fully saturated rings. The first kappa shape index (κ1) is 13.2. The Morgan fingerprint density at radius 1 is 1.06 bits per heavy atom. The maximum absolute atomic E-state index is 6.17. The summed E-state index contributed by atoms with van der Waals surface area (Å²) in [4.78, 5) is 0. The zero-order chi connectivity index (χ0) is 12.0. The molecule has 0 heterocycles. The van der Waals surface area contributed by atoms with Crippen LogP contribution in [0.5, 0.6) is 0 Å². The Hall–Kier alpha value is -0.820. The van der Waals surface area contributed by atoms with Crippen molar-refractivity contribution in [1.82, 2.24) is 0 Å². The second-order valence-corrected chi connectivity index (χ2v) is 5.03. The molecule has 1 atom stereocenters. The molecule has 1 aromatic rings. The van der Waals surface area contributed by atoms with E-state index in [4.69, 9.17) is 5.73 Å². The fraction of sp³-hybridized carbons (Fsp3) is 0.600. The molecule has 0 spiro atoms. The monoisotopic (exact) mass is 219 g/mol. The number of benzene rings is 1. The Bertz CT molecular complexity index is 287. The molecular formula is C15H25N. The van der Waals surface area contributed by atoms with Crippen molar-refractivity contribution in [3.8, 4) is 0 Å². The molecule has 0 aliphatic rings. The number of nitrogens with two attached hydrogens (primary N) is 1. The van der Waals surface area contributed by atoms with Crippen molar-refractivity contribution < 1.29 is 0 Å². The van der Waals surface area contributed by atoms with Crippen LogP contribution in [0, 0.1) is 5.92 Å². The van der Waals surface area contributed by atoms with Gasteiger partial charge in [-0.1, -0.05) is 57.9 Å². The molecule has 1 heteroatoms. The van der Waals surface area contributed by atoms with Crippen LogP contribution in [-0.4, -0.2) is 0 Å². The van der Waals surface area contributed by atoms with Gasteiger partial charge in [-0.2, -0.15) is 0 Å². The molecular weight excluding hydrogens is 194 g/mol. The molecule has 0 saturated heterocycles. The molecule has 0 bridgehead atoms. The standard InChI is InChI=1S/C15H25N/c1-4-13-8-10-14(11-9-13)15(16)7-5-6-12(2)3/h8-12,15H,4-7,16H2,1-3H3. The number of hydrogen-bond acceptors (Lipinski definition) is 1. The van der Waals surface area contributed by atoms with Crippen molar-refractivity contribution in [1.29, 1.82) is 0 Å². The van der Waals surface area contributed by atoms with E-state index in [9.17, 15) is 0 Å². The highest BCUT2D eigenvalue weighted by Crippen LogP contribution is 2.19. The maximum atomic E-state index is 6.17. The number of hydrogen-bond donors (Lipinski definition) is 1. The van der Waals surface area contributed by atoms with E-state index < -0.39 is 0 Å². The van der Waals surface area contributed by atoms with Crippen LogP contribution in [0.1, 0.15) is 57.2 Å². The predicted molar refractivity (Wildman–Crippen MR) is 71.4 cm³/mol. The first-order chi connectivity index (χ1) is 7.63. The maximum Gasteiger partial charge on any atom is 0.0294 e. The Balaban J connectivity index is 2.43. The fourth-order valence-electron chi connectivity index (χ4n) is 1.91. The molecule has 0 amide bonds. The molecule has 90 valence electrons. The largest absolute Gasteiger partial charge is 0.324 e. The quantitative estimate of drug-likeness (QED) is 0.766. The van der Waals surface area contributed by atoms with E-state index in [1.54, 1.807) is 0 Å². The summed E-state index contributed by atoms with van der Waals surface area (Å²) in [5.41, 5.74) is 8.84. The summed E-state index contributed by atoms with van der Waals surface area (Å²) in [5.74, 6) is 0.787. The minimum Gasteiger partial charge on any atom is -0.324 e. The van der Waals surface area contributed by atoms with Crippen LogP contribution in [0.2, 0.25) is 0 Å². The summed E-state index contributed by atoms with van der Waals surface area (Å²) in [6.07, 6.45) is 4.71. The third-order valence-corrected chi connectivity index (χ3v) is 3.11. The van der Waals surface area contributed by atoms with Gasteiger partial charge in [0.15, 0.2) is 0 Å². The van der Waals surface area contributed by atoms with Crippen LogP contribution in [0.3, 0.4) is 0 Å². The van der Waals surface area contributed by atoms with Gasteiger partial charge >= 0.3 is 0 Å². The van der Waals surface area contributed by atoms with Crippen molar-refractivity contribution in [2.24, 2.45) is 11.7 Å². The number of aryl methyl sites for hydroxylation is 1.